The average Bonchev–Trinajstić information content (AvgIpc) is 3.47. The molecule has 1 amide bonds. The Labute approximate surface area is 192 Å². The lowest BCUT2D eigenvalue weighted by molar-refractivity contribution is 0.102. The van der Waals surface area contributed by atoms with Crippen molar-refractivity contribution in [3.63, 3.8) is 0 Å². The van der Waals surface area contributed by atoms with E-state index in [9.17, 15) is 22.0 Å². The maximum Gasteiger partial charge on any atom is 0.276 e. The minimum atomic E-state index is -3.15. The summed E-state index contributed by atoms with van der Waals surface area (Å²) >= 11 is 1.44. The number of pyridine rings is 1. The van der Waals surface area contributed by atoms with Crippen molar-refractivity contribution in [2.75, 3.05) is 16.8 Å². The Kier molecular flexibility index (Phi) is 5.25. The van der Waals surface area contributed by atoms with E-state index >= 15 is 0 Å². The average molecular weight is 489 g/mol. The number of sulfone groups is 1. The lowest BCUT2D eigenvalue weighted by atomic mass is 10.2. The number of aryl methyl sites for hydroxylation is 1. The molecule has 0 radical (unpaired) electrons. The van der Waals surface area contributed by atoms with Crippen molar-refractivity contribution in [2.24, 2.45) is 0 Å². The summed E-state index contributed by atoms with van der Waals surface area (Å²) in [6.07, 6.45) is 0.452. The normalized spacial score (nSPS) is 17.5. The van der Waals surface area contributed by atoms with Crippen LogP contribution in [0.25, 0.3) is 21.6 Å². The van der Waals surface area contributed by atoms with Crippen LogP contribution in [-0.4, -0.2) is 40.4 Å². The van der Waals surface area contributed by atoms with Gasteiger partial charge in [0.15, 0.2) is 15.5 Å². The Bertz CT molecular complexity index is 1500. The van der Waals surface area contributed by atoms with Crippen molar-refractivity contribution >= 4 is 43.8 Å². The van der Waals surface area contributed by atoms with Crippen LogP contribution < -0.4 is 5.32 Å². The number of hydrogen-bond donors (Lipinski definition) is 1. The van der Waals surface area contributed by atoms with Gasteiger partial charge < -0.3 is 9.88 Å². The molecular weight excluding hydrogens is 470 g/mol. The third-order valence-electron chi connectivity index (χ3n) is 5.60. The Balaban J connectivity index is 1.66. The van der Waals surface area contributed by atoms with Crippen molar-refractivity contribution in [3.8, 4) is 10.6 Å². The molecule has 0 saturated carbocycles. The Morgan fingerprint density at radius 1 is 1.21 bits per heavy atom. The molecule has 1 atom stereocenters. The van der Waals surface area contributed by atoms with E-state index in [2.05, 4.69) is 15.3 Å². The molecule has 1 N–H and O–H groups in total. The number of thiophene rings is 1. The van der Waals surface area contributed by atoms with E-state index in [1.165, 1.54) is 11.3 Å². The Morgan fingerprint density at radius 3 is 2.70 bits per heavy atom. The topological polar surface area (TPSA) is 93.9 Å². The molecule has 5 rings (SSSR count). The quantitative estimate of drug-likeness (QED) is 0.461. The first-order valence-electron chi connectivity index (χ1n) is 10.1. The van der Waals surface area contributed by atoms with Crippen molar-refractivity contribution in [1.82, 2.24) is 14.5 Å². The number of carbonyl (C=O) groups excluding carboxylic acids is 1. The summed E-state index contributed by atoms with van der Waals surface area (Å²) in [6.45, 7) is 1.75. The molecule has 3 aromatic heterocycles. The molecule has 0 spiro atoms. The highest BCUT2D eigenvalue weighted by molar-refractivity contribution is 7.91. The van der Waals surface area contributed by atoms with Gasteiger partial charge in [0.1, 0.15) is 23.0 Å². The molecule has 1 aromatic carbocycles. The molecule has 1 unspecified atom stereocenters. The van der Waals surface area contributed by atoms with Gasteiger partial charge in [0.05, 0.1) is 39.3 Å². The van der Waals surface area contributed by atoms with Gasteiger partial charge in [-0.2, -0.15) is 0 Å². The van der Waals surface area contributed by atoms with Crippen LogP contribution in [0.3, 0.4) is 0 Å². The molecule has 11 heteroatoms. The summed E-state index contributed by atoms with van der Waals surface area (Å²) < 4.78 is 53.4. The maximum absolute atomic E-state index is 14.1. The van der Waals surface area contributed by atoms with Crippen molar-refractivity contribution in [1.29, 1.82) is 0 Å². The van der Waals surface area contributed by atoms with E-state index in [0.29, 0.717) is 29.5 Å². The number of nitrogens with one attached hydrogen (secondary N) is 1. The van der Waals surface area contributed by atoms with Crippen LogP contribution in [0.2, 0.25) is 0 Å². The third-order valence-corrected chi connectivity index (χ3v) is 8.24. The fraction of sp³-hybridized carbons (Fsp3) is 0.227. The number of nitrogens with zero attached hydrogens (tertiary/aromatic N) is 3. The molecule has 4 aromatic rings. The minimum Gasteiger partial charge on any atom is -0.324 e. The second kappa shape index (κ2) is 7.99. The standard InChI is InChI=1S/C22H18F2N4O3S2/c1-12-25-20-18(28(12)14-6-8-33(30,31)11-14)10-17(19-3-2-7-32-19)26-21(20)22(29)27-16-5-4-13(23)9-15(16)24/h2-5,7,9-10,14H,6,8,11H2,1H3,(H,27,29). The van der Waals surface area contributed by atoms with Gasteiger partial charge >= 0.3 is 0 Å². The number of halogens is 2. The molecule has 1 aliphatic heterocycles. The summed E-state index contributed by atoms with van der Waals surface area (Å²) in [5.41, 5.74) is 1.18. The minimum absolute atomic E-state index is 0.00171. The molecule has 170 valence electrons. The van der Waals surface area contributed by atoms with Gasteiger partial charge in [-0.3, -0.25) is 4.79 Å². The third kappa shape index (κ3) is 4.02. The first kappa shape index (κ1) is 21.7. The van der Waals surface area contributed by atoms with E-state index in [4.69, 9.17) is 0 Å². The van der Waals surface area contributed by atoms with Crippen molar-refractivity contribution < 1.29 is 22.0 Å². The smallest absolute Gasteiger partial charge is 0.276 e. The predicted octanol–water partition coefficient (Wildman–Crippen LogP) is 4.36. The number of fused-ring (bicyclic) bond motifs is 1. The Morgan fingerprint density at radius 2 is 2.03 bits per heavy atom. The van der Waals surface area contributed by atoms with Crippen LogP contribution in [0.4, 0.5) is 14.5 Å². The number of benzene rings is 1. The predicted molar refractivity (Wildman–Crippen MR) is 122 cm³/mol. The monoisotopic (exact) mass is 488 g/mol. The molecule has 0 bridgehead atoms. The fourth-order valence-electron chi connectivity index (χ4n) is 4.13. The van der Waals surface area contributed by atoms with Gasteiger partial charge in [-0.1, -0.05) is 6.07 Å². The van der Waals surface area contributed by atoms with Crippen molar-refractivity contribution in [3.05, 3.63) is 64.9 Å². The van der Waals surface area contributed by atoms with Crippen LogP contribution in [0.5, 0.6) is 0 Å². The zero-order chi connectivity index (χ0) is 23.3. The molecule has 0 aliphatic carbocycles. The first-order chi connectivity index (χ1) is 15.7. The highest BCUT2D eigenvalue weighted by Gasteiger charge is 2.32. The summed E-state index contributed by atoms with van der Waals surface area (Å²) in [5, 5.41) is 4.32. The van der Waals surface area contributed by atoms with Crippen LogP contribution in [0.15, 0.2) is 41.8 Å². The van der Waals surface area contributed by atoms with Crippen LogP contribution in [0.1, 0.15) is 28.8 Å². The zero-order valence-electron chi connectivity index (χ0n) is 17.4. The van der Waals surface area contributed by atoms with Gasteiger partial charge in [0, 0.05) is 6.07 Å². The molecule has 1 fully saturated rings. The van der Waals surface area contributed by atoms with E-state index in [1.54, 1.807) is 13.0 Å². The summed E-state index contributed by atoms with van der Waals surface area (Å²) in [6, 6.07) is 8.06. The second-order valence-electron chi connectivity index (χ2n) is 7.87. The van der Waals surface area contributed by atoms with Gasteiger partial charge in [-0.25, -0.2) is 27.2 Å². The molecule has 1 aliphatic rings. The fourth-order valence-corrected chi connectivity index (χ4v) is 6.52. The molecule has 1 saturated heterocycles. The summed E-state index contributed by atoms with van der Waals surface area (Å²) in [4.78, 5) is 23.0. The van der Waals surface area contributed by atoms with E-state index in [-0.39, 0.29) is 34.4 Å². The SMILES string of the molecule is Cc1nc2c(C(=O)Nc3ccc(F)cc3F)nc(-c3cccs3)cc2n1C1CCS(=O)(=O)C1. The second-order valence-corrected chi connectivity index (χ2v) is 11.0. The lowest BCUT2D eigenvalue weighted by Gasteiger charge is -2.14. The van der Waals surface area contributed by atoms with E-state index < -0.39 is 27.4 Å². The highest BCUT2D eigenvalue weighted by Crippen LogP contribution is 2.33. The van der Waals surface area contributed by atoms with Gasteiger partial charge in [0.25, 0.3) is 5.91 Å². The number of aromatic nitrogens is 3. The van der Waals surface area contributed by atoms with Crippen LogP contribution in [-0.2, 0) is 9.84 Å². The van der Waals surface area contributed by atoms with E-state index in [1.807, 2.05) is 22.1 Å². The van der Waals surface area contributed by atoms with Crippen molar-refractivity contribution in [2.45, 2.75) is 19.4 Å². The number of carbonyl (C=O) groups is 1. The molecule has 33 heavy (non-hydrogen) atoms. The maximum atomic E-state index is 14.1. The van der Waals surface area contributed by atoms with Gasteiger partial charge in [0.2, 0.25) is 0 Å². The van der Waals surface area contributed by atoms with Gasteiger partial charge in [-0.05, 0) is 43.0 Å². The van der Waals surface area contributed by atoms with Gasteiger partial charge in [-0.15, -0.1) is 11.3 Å². The zero-order valence-corrected chi connectivity index (χ0v) is 19.0. The number of hydrogen-bond acceptors (Lipinski definition) is 6. The van der Waals surface area contributed by atoms with Crippen LogP contribution in [0, 0.1) is 18.6 Å². The summed E-state index contributed by atoms with van der Waals surface area (Å²) in [7, 11) is -3.15. The number of anilines is 1. The number of amides is 1. The molecule has 7 nitrogen and oxygen atoms in total. The summed E-state index contributed by atoms with van der Waals surface area (Å²) in [5.74, 6) is -1.72. The number of rotatable bonds is 4. The molecule has 4 heterocycles. The Hall–Kier alpha value is -3.18. The number of imidazole rings is 1. The first-order valence-corrected chi connectivity index (χ1v) is 12.8. The highest BCUT2D eigenvalue weighted by atomic mass is 32.2. The largest absolute Gasteiger partial charge is 0.324 e. The van der Waals surface area contributed by atoms with Crippen LogP contribution >= 0.6 is 11.3 Å². The molecular formula is C22H18F2N4O3S2. The van der Waals surface area contributed by atoms with E-state index in [0.717, 1.165) is 17.0 Å². The lowest BCUT2D eigenvalue weighted by Crippen LogP contribution is -2.16.